The third-order valence-corrected chi connectivity index (χ3v) is 5.54. The Balaban J connectivity index is 1.22. The van der Waals surface area contributed by atoms with Crippen LogP contribution in [0.3, 0.4) is 0 Å². The number of hydrogen-bond donors (Lipinski definition) is 2. The van der Waals surface area contributed by atoms with E-state index in [9.17, 15) is 4.79 Å². The Morgan fingerprint density at radius 3 is 2.67 bits per heavy atom. The first-order valence-electron chi connectivity index (χ1n) is 10.2. The highest BCUT2D eigenvalue weighted by Gasteiger charge is 2.16. The van der Waals surface area contributed by atoms with Crippen LogP contribution in [0.5, 0.6) is 0 Å². The highest BCUT2D eigenvalue weighted by molar-refractivity contribution is 6.30. The van der Waals surface area contributed by atoms with E-state index in [0.717, 1.165) is 42.9 Å². The molecule has 0 radical (unpaired) electrons. The zero-order valence-corrected chi connectivity index (χ0v) is 17.5. The van der Waals surface area contributed by atoms with Crippen LogP contribution in [0, 0.1) is 0 Å². The van der Waals surface area contributed by atoms with E-state index in [1.165, 1.54) is 11.1 Å². The molecule has 1 aromatic heterocycles. The summed E-state index contributed by atoms with van der Waals surface area (Å²) in [6.07, 6.45) is 3.61. The van der Waals surface area contributed by atoms with Gasteiger partial charge >= 0.3 is 6.03 Å². The van der Waals surface area contributed by atoms with Gasteiger partial charge in [-0.15, -0.1) is 0 Å². The van der Waals surface area contributed by atoms with Crippen LogP contribution in [0.2, 0.25) is 5.02 Å². The zero-order valence-electron chi connectivity index (χ0n) is 16.8. The number of urea groups is 1. The van der Waals surface area contributed by atoms with Gasteiger partial charge in [0.15, 0.2) is 0 Å². The number of nitrogens with one attached hydrogen (secondary N) is 2. The molecule has 1 aliphatic heterocycles. The van der Waals surface area contributed by atoms with Gasteiger partial charge in [0, 0.05) is 37.4 Å². The number of nitrogens with zero attached hydrogens (tertiary/aromatic N) is 2. The molecule has 0 fully saturated rings. The predicted octanol–water partition coefficient (Wildman–Crippen LogP) is 4.34. The molecule has 154 valence electrons. The van der Waals surface area contributed by atoms with E-state index in [0.29, 0.717) is 18.1 Å². The lowest BCUT2D eigenvalue weighted by Crippen LogP contribution is -2.36. The van der Waals surface area contributed by atoms with Crippen molar-refractivity contribution in [3.05, 3.63) is 94.1 Å². The maximum Gasteiger partial charge on any atom is 0.315 e. The molecule has 2 N–H and O–H groups in total. The van der Waals surface area contributed by atoms with Crippen molar-refractivity contribution in [3.63, 3.8) is 0 Å². The lowest BCUT2D eigenvalue weighted by molar-refractivity contribution is 0.240. The fourth-order valence-corrected chi connectivity index (χ4v) is 3.87. The first-order chi connectivity index (χ1) is 14.7. The highest BCUT2D eigenvalue weighted by atomic mass is 35.5. The topological polar surface area (TPSA) is 57.3 Å². The molecule has 3 aromatic rings. The molecule has 0 unspecified atom stereocenters. The third kappa shape index (κ3) is 5.30. The van der Waals surface area contributed by atoms with Gasteiger partial charge in [-0.3, -0.25) is 0 Å². The van der Waals surface area contributed by atoms with E-state index in [1.54, 1.807) is 0 Å². The number of rotatable bonds is 6. The summed E-state index contributed by atoms with van der Waals surface area (Å²) in [7, 11) is 0. The van der Waals surface area contributed by atoms with Gasteiger partial charge in [-0.2, -0.15) is 0 Å². The monoisotopic (exact) mass is 420 g/mol. The van der Waals surface area contributed by atoms with Crippen LogP contribution in [0.4, 0.5) is 10.6 Å². The summed E-state index contributed by atoms with van der Waals surface area (Å²) in [4.78, 5) is 18.9. The smallest absolute Gasteiger partial charge is 0.315 e. The normalized spacial score (nSPS) is 12.9. The fourth-order valence-electron chi connectivity index (χ4n) is 3.66. The van der Waals surface area contributed by atoms with Gasteiger partial charge in [0.1, 0.15) is 5.82 Å². The predicted molar refractivity (Wildman–Crippen MR) is 121 cm³/mol. The van der Waals surface area contributed by atoms with E-state index in [2.05, 4.69) is 44.8 Å². The van der Waals surface area contributed by atoms with Gasteiger partial charge in [-0.05, 0) is 53.3 Å². The molecule has 2 amide bonds. The molecule has 0 saturated heterocycles. The van der Waals surface area contributed by atoms with Crippen molar-refractivity contribution >= 4 is 23.4 Å². The van der Waals surface area contributed by atoms with Crippen molar-refractivity contribution in [1.29, 1.82) is 0 Å². The number of amides is 2. The van der Waals surface area contributed by atoms with Gasteiger partial charge in [0.25, 0.3) is 0 Å². The Bertz CT molecular complexity index is 1010. The van der Waals surface area contributed by atoms with Crippen LogP contribution in [0.15, 0.2) is 66.9 Å². The molecule has 6 heteroatoms. The molecule has 2 aromatic carbocycles. The first-order valence-corrected chi connectivity index (χ1v) is 10.6. The van der Waals surface area contributed by atoms with Crippen LogP contribution < -0.4 is 15.5 Å². The van der Waals surface area contributed by atoms with Crippen molar-refractivity contribution in [2.24, 2.45) is 0 Å². The summed E-state index contributed by atoms with van der Waals surface area (Å²) in [5.74, 6) is 0.972. The van der Waals surface area contributed by atoms with Crippen molar-refractivity contribution in [3.8, 4) is 0 Å². The summed E-state index contributed by atoms with van der Waals surface area (Å²) >= 11 is 5.98. The Hall–Kier alpha value is -3.05. The average Bonchev–Trinajstić information content (AvgIpc) is 2.78. The van der Waals surface area contributed by atoms with Crippen LogP contribution >= 0.6 is 11.6 Å². The molecule has 4 rings (SSSR count). The number of carbonyl (C=O) groups is 1. The number of hydrogen-bond acceptors (Lipinski definition) is 3. The molecule has 30 heavy (non-hydrogen) atoms. The van der Waals surface area contributed by atoms with E-state index in [-0.39, 0.29) is 6.03 Å². The minimum atomic E-state index is -0.186. The van der Waals surface area contributed by atoms with E-state index >= 15 is 0 Å². The minimum absolute atomic E-state index is 0.186. The number of carbonyl (C=O) groups excluding carboxylic acids is 1. The van der Waals surface area contributed by atoms with Gasteiger partial charge in [-0.1, -0.05) is 54.1 Å². The third-order valence-electron chi connectivity index (χ3n) is 5.31. The molecule has 0 atom stereocenters. The van der Waals surface area contributed by atoms with Gasteiger partial charge < -0.3 is 15.5 Å². The second-order valence-corrected chi connectivity index (χ2v) is 7.89. The molecule has 5 nitrogen and oxygen atoms in total. The van der Waals surface area contributed by atoms with Gasteiger partial charge in [0.2, 0.25) is 0 Å². The lowest BCUT2D eigenvalue weighted by atomic mass is 10.00. The average molecular weight is 421 g/mol. The SMILES string of the molecule is O=C(NCCc1cccc(Cl)c1)NCc1ccc(N2CCc3ccccc3C2)nc1. The van der Waals surface area contributed by atoms with E-state index in [4.69, 9.17) is 11.6 Å². The summed E-state index contributed by atoms with van der Waals surface area (Å²) in [5.41, 5.74) is 4.87. The second kappa shape index (κ2) is 9.63. The maximum absolute atomic E-state index is 12.0. The minimum Gasteiger partial charge on any atom is -0.352 e. The Morgan fingerprint density at radius 2 is 1.87 bits per heavy atom. The Morgan fingerprint density at radius 1 is 1.00 bits per heavy atom. The molecule has 2 heterocycles. The van der Waals surface area contributed by atoms with Crippen molar-refractivity contribution in [1.82, 2.24) is 15.6 Å². The summed E-state index contributed by atoms with van der Waals surface area (Å²) in [6, 6.07) is 20.1. The standard InChI is InChI=1S/C24H25ClN4O/c25-22-7-3-4-18(14-22)10-12-26-24(30)28-16-19-8-9-23(27-15-19)29-13-11-20-5-1-2-6-21(20)17-29/h1-9,14-15H,10-13,16-17H2,(H2,26,28,30). The van der Waals surface area contributed by atoms with Crippen LogP contribution in [0.1, 0.15) is 22.3 Å². The number of aromatic nitrogens is 1. The van der Waals surface area contributed by atoms with E-state index in [1.807, 2.05) is 42.6 Å². The van der Waals surface area contributed by atoms with Gasteiger partial charge in [-0.25, -0.2) is 9.78 Å². The zero-order chi connectivity index (χ0) is 20.8. The summed E-state index contributed by atoms with van der Waals surface area (Å²) < 4.78 is 0. The second-order valence-electron chi connectivity index (χ2n) is 7.45. The van der Waals surface area contributed by atoms with Crippen molar-refractivity contribution in [2.75, 3.05) is 18.0 Å². The largest absolute Gasteiger partial charge is 0.352 e. The number of halogens is 1. The number of benzene rings is 2. The van der Waals surface area contributed by atoms with Crippen LogP contribution in [-0.2, 0) is 25.9 Å². The number of anilines is 1. The molecule has 0 bridgehead atoms. The summed E-state index contributed by atoms with van der Waals surface area (Å²) in [5, 5.41) is 6.46. The Labute approximate surface area is 182 Å². The molecular formula is C24H25ClN4O. The van der Waals surface area contributed by atoms with Crippen LogP contribution in [0.25, 0.3) is 0 Å². The van der Waals surface area contributed by atoms with Gasteiger partial charge in [0.05, 0.1) is 0 Å². The quantitative estimate of drug-likeness (QED) is 0.623. The van der Waals surface area contributed by atoms with E-state index < -0.39 is 0 Å². The van der Waals surface area contributed by atoms with Crippen molar-refractivity contribution in [2.45, 2.75) is 25.9 Å². The maximum atomic E-state index is 12.0. The molecule has 0 aliphatic carbocycles. The Kier molecular flexibility index (Phi) is 6.50. The fraction of sp³-hybridized carbons (Fsp3) is 0.250. The van der Waals surface area contributed by atoms with Crippen molar-refractivity contribution < 1.29 is 4.79 Å². The molecule has 0 saturated carbocycles. The lowest BCUT2D eigenvalue weighted by Gasteiger charge is -2.29. The van der Waals surface area contributed by atoms with Crippen LogP contribution in [-0.4, -0.2) is 24.1 Å². The number of pyridine rings is 1. The molecule has 1 aliphatic rings. The summed E-state index contributed by atoms with van der Waals surface area (Å²) in [6.45, 7) is 2.85. The molecule has 0 spiro atoms. The first kappa shape index (κ1) is 20.2. The molecular weight excluding hydrogens is 396 g/mol. The number of fused-ring (bicyclic) bond motifs is 1. The highest BCUT2D eigenvalue weighted by Crippen LogP contribution is 2.22.